The first-order valence-electron chi connectivity index (χ1n) is 9.90. The monoisotopic (exact) mass is 466 g/mol. The van der Waals surface area contributed by atoms with E-state index < -0.39 is 0 Å². The van der Waals surface area contributed by atoms with Gasteiger partial charge in [0, 0.05) is 24.7 Å². The van der Waals surface area contributed by atoms with E-state index in [-0.39, 0.29) is 11.9 Å². The van der Waals surface area contributed by atoms with Crippen molar-refractivity contribution in [2.75, 3.05) is 20.3 Å². The van der Waals surface area contributed by atoms with Crippen molar-refractivity contribution in [2.24, 2.45) is 0 Å². The van der Waals surface area contributed by atoms with E-state index >= 15 is 0 Å². The van der Waals surface area contributed by atoms with Crippen LogP contribution in [0.25, 0.3) is 6.08 Å². The van der Waals surface area contributed by atoms with Crippen LogP contribution in [-0.4, -0.2) is 47.1 Å². The van der Waals surface area contributed by atoms with Crippen LogP contribution in [0.4, 0.5) is 0 Å². The summed E-state index contributed by atoms with van der Waals surface area (Å²) in [6, 6.07) is 4.00. The fourth-order valence-electron chi connectivity index (χ4n) is 3.80. The van der Waals surface area contributed by atoms with Gasteiger partial charge in [0.2, 0.25) is 0 Å². The predicted molar refractivity (Wildman–Crippen MR) is 119 cm³/mol. The summed E-state index contributed by atoms with van der Waals surface area (Å²) < 4.78 is 12.3. The number of likely N-dealkylation sites (N-methyl/N-ethyl adjacent to an activating group) is 1. The number of nitrogens with zero attached hydrogens (tertiary/aromatic N) is 2. The molecule has 0 spiro atoms. The molecule has 1 aliphatic carbocycles. The van der Waals surface area contributed by atoms with Gasteiger partial charge in [0.25, 0.3) is 5.91 Å². The topological polar surface area (TPSA) is 42.0 Å². The Bertz CT molecular complexity index is 790. The zero-order chi connectivity index (χ0) is 20.3. The van der Waals surface area contributed by atoms with Crippen LogP contribution >= 0.6 is 28.1 Å². The van der Waals surface area contributed by atoms with Gasteiger partial charge in [0.15, 0.2) is 5.11 Å². The lowest BCUT2D eigenvalue weighted by Gasteiger charge is -2.30. The average Bonchev–Trinajstić information content (AvgIpc) is 2.89. The maximum absolute atomic E-state index is 13.2. The summed E-state index contributed by atoms with van der Waals surface area (Å²) in [4.78, 5) is 16.8. The number of amides is 1. The number of hydrogen-bond acceptors (Lipinski definition) is 4. The van der Waals surface area contributed by atoms with E-state index in [0.717, 1.165) is 41.5 Å². The average molecular weight is 467 g/mol. The molecule has 1 amide bonds. The molecule has 0 aromatic heterocycles. The summed E-state index contributed by atoms with van der Waals surface area (Å²) >= 11 is 9.16. The van der Waals surface area contributed by atoms with Crippen LogP contribution in [0.1, 0.15) is 51.5 Å². The lowest BCUT2D eigenvalue weighted by molar-refractivity contribution is -0.124. The van der Waals surface area contributed by atoms with Gasteiger partial charge in [0.05, 0.1) is 17.7 Å². The second-order valence-corrected chi connectivity index (χ2v) is 8.24. The molecule has 3 rings (SSSR count). The van der Waals surface area contributed by atoms with Crippen molar-refractivity contribution in [1.29, 1.82) is 0 Å². The van der Waals surface area contributed by atoms with Crippen molar-refractivity contribution in [1.82, 2.24) is 9.80 Å². The fraction of sp³-hybridized carbons (Fsp3) is 0.524. The van der Waals surface area contributed by atoms with Crippen LogP contribution in [0.15, 0.2) is 22.3 Å². The molecule has 1 saturated carbocycles. The second-order valence-electron chi connectivity index (χ2n) is 7.02. The molecule has 5 nitrogen and oxygen atoms in total. The first-order chi connectivity index (χ1) is 13.5. The van der Waals surface area contributed by atoms with E-state index in [1.54, 1.807) is 0 Å². The molecule has 1 aromatic carbocycles. The van der Waals surface area contributed by atoms with Crippen LogP contribution in [0.5, 0.6) is 11.5 Å². The number of carbonyl (C=O) groups is 1. The minimum Gasteiger partial charge on any atom is -0.493 e. The number of carbonyl (C=O) groups excluding carboxylic acids is 1. The molecule has 7 heteroatoms. The second kappa shape index (κ2) is 9.27. The van der Waals surface area contributed by atoms with Crippen molar-refractivity contribution in [3.05, 3.63) is 27.9 Å². The molecule has 1 aromatic rings. The summed E-state index contributed by atoms with van der Waals surface area (Å²) in [6.45, 7) is 4.97. The molecule has 1 aliphatic heterocycles. The van der Waals surface area contributed by atoms with Gasteiger partial charge < -0.3 is 14.4 Å². The number of halogens is 1. The summed E-state index contributed by atoms with van der Waals surface area (Å²) in [5.74, 6) is 1.38. The maximum atomic E-state index is 13.2. The van der Waals surface area contributed by atoms with Crippen molar-refractivity contribution in [2.45, 2.75) is 52.0 Å². The normalized spacial score (nSPS) is 19.6. The van der Waals surface area contributed by atoms with Crippen LogP contribution in [0, 0.1) is 0 Å². The Morgan fingerprint density at radius 1 is 1.14 bits per heavy atom. The highest BCUT2D eigenvalue weighted by atomic mass is 79.9. The van der Waals surface area contributed by atoms with Gasteiger partial charge in [-0.15, -0.1) is 0 Å². The van der Waals surface area contributed by atoms with E-state index in [1.807, 2.05) is 48.9 Å². The van der Waals surface area contributed by atoms with Gasteiger partial charge in [-0.3, -0.25) is 9.69 Å². The standard InChI is InChI=1S/C21H27BrN2O3S/c1-4-26-18-13-19(27-5-2)16(22)11-14(18)12-17-20(25)24(21(28)23(17)3)15-9-7-6-8-10-15/h11-13,15H,4-10H2,1-3H3. The Kier molecular flexibility index (Phi) is 6.99. The Labute approximate surface area is 180 Å². The Balaban J connectivity index is 1.96. The highest BCUT2D eigenvalue weighted by Crippen LogP contribution is 2.36. The van der Waals surface area contributed by atoms with Crippen LogP contribution < -0.4 is 9.47 Å². The van der Waals surface area contributed by atoms with Gasteiger partial charge in [-0.1, -0.05) is 19.3 Å². The number of ether oxygens (including phenoxy) is 2. The Hall–Kier alpha value is -1.60. The van der Waals surface area contributed by atoms with Gasteiger partial charge in [-0.25, -0.2) is 0 Å². The summed E-state index contributed by atoms with van der Waals surface area (Å²) in [5, 5.41) is 0.589. The Morgan fingerprint density at radius 3 is 2.43 bits per heavy atom. The molecule has 152 valence electrons. The van der Waals surface area contributed by atoms with Gasteiger partial charge in [-0.05, 0) is 67.0 Å². The van der Waals surface area contributed by atoms with E-state index in [1.165, 1.54) is 6.42 Å². The molecule has 1 heterocycles. The van der Waals surface area contributed by atoms with Crippen molar-refractivity contribution < 1.29 is 14.3 Å². The lowest BCUT2D eigenvalue weighted by atomic mass is 9.94. The summed E-state index contributed by atoms with van der Waals surface area (Å²) in [5.41, 5.74) is 1.40. The van der Waals surface area contributed by atoms with E-state index in [4.69, 9.17) is 21.7 Å². The molecule has 0 unspecified atom stereocenters. The number of benzene rings is 1. The minimum absolute atomic E-state index is 0.0214. The third-order valence-corrected chi connectivity index (χ3v) is 6.28. The smallest absolute Gasteiger partial charge is 0.277 e. The summed E-state index contributed by atoms with van der Waals surface area (Å²) in [6.07, 6.45) is 7.45. The van der Waals surface area contributed by atoms with E-state index in [9.17, 15) is 4.79 Å². The minimum atomic E-state index is -0.0214. The SMILES string of the molecule is CCOc1cc(OCC)c(C=C2C(=O)N(C3CCCCC3)C(=S)N2C)cc1Br. The molecule has 0 atom stereocenters. The highest BCUT2D eigenvalue weighted by molar-refractivity contribution is 9.10. The van der Waals surface area contributed by atoms with Crippen molar-refractivity contribution >= 4 is 45.2 Å². The number of hydrogen-bond donors (Lipinski definition) is 0. The molecular formula is C21H27BrN2O3S. The zero-order valence-corrected chi connectivity index (χ0v) is 19.1. The van der Waals surface area contributed by atoms with E-state index in [0.29, 0.717) is 29.8 Å². The third kappa shape index (κ3) is 4.20. The molecular weight excluding hydrogens is 440 g/mol. The predicted octanol–water partition coefficient (Wildman–Crippen LogP) is 4.98. The van der Waals surface area contributed by atoms with Gasteiger partial charge >= 0.3 is 0 Å². The van der Waals surface area contributed by atoms with Crippen LogP contribution in [0.3, 0.4) is 0 Å². The zero-order valence-electron chi connectivity index (χ0n) is 16.7. The van der Waals surface area contributed by atoms with E-state index in [2.05, 4.69) is 15.9 Å². The largest absolute Gasteiger partial charge is 0.493 e. The van der Waals surface area contributed by atoms with Crippen LogP contribution in [-0.2, 0) is 4.79 Å². The first kappa shape index (κ1) is 21.1. The quantitative estimate of drug-likeness (QED) is 0.436. The molecule has 0 radical (unpaired) electrons. The molecule has 2 fully saturated rings. The van der Waals surface area contributed by atoms with Crippen molar-refractivity contribution in [3.63, 3.8) is 0 Å². The Morgan fingerprint density at radius 2 is 1.79 bits per heavy atom. The first-order valence-corrected chi connectivity index (χ1v) is 11.1. The molecule has 1 saturated heterocycles. The van der Waals surface area contributed by atoms with Crippen molar-refractivity contribution in [3.8, 4) is 11.5 Å². The third-order valence-electron chi connectivity index (χ3n) is 5.19. The molecule has 0 bridgehead atoms. The molecule has 28 heavy (non-hydrogen) atoms. The molecule has 2 aliphatic rings. The van der Waals surface area contributed by atoms with Gasteiger partial charge in [0.1, 0.15) is 17.2 Å². The summed E-state index contributed by atoms with van der Waals surface area (Å²) in [7, 11) is 1.86. The fourth-order valence-corrected chi connectivity index (χ4v) is 4.60. The number of rotatable bonds is 6. The molecule has 0 N–H and O–H groups in total. The number of thiocarbonyl (C=S) groups is 1. The maximum Gasteiger partial charge on any atom is 0.277 e. The van der Waals surface area contributed by atoms with Gasteiger partial charge in [-0.2, -0.15) is 0 Å². The lowest BCUT2D eigenvalue weighted by Crippen LogP contribution is -2.41. The highest BCUT2D eigenvalue weighted by Gasteiger charge is 2.40. The van der Waals surface area contributed by atoms with Crippen LogP contribution in [0.2, 0.25) is 0 Å².